The van der Waals surface area contributed by atoms with E-state index in [-0.39, 0.29) is 54.0 Å². The van der Waals surface area contributed by atoms with Crippen LogP contribution in [0.4, 0.5) is 17.2 Å². The third kappa shape index (κ3) is 6.50. The van der Waals surface area contributed by atoms with Crippen LogP contribution in [-0.4, -0.2) is 82.0 Å². The Bertz CT molecular complexity index is 2060. The number of amides is 5. The molecule has 2 saturated heterocycles. The Morgan fingerprint density at radius 3 is 2.40 bits per heavy atom. The van der Waals surface area contributed by atoms with E-state index in [4.69, 9.17) is 5.73 Å². The maximum Gasteiger partial charge on any atom is 0.264 e. The van der Waals surface area contributed by atoms with E-state index in [0.717, 1.165) is 29.0 Å². The van der Waals surface area contributed by atoms with Crippen LogP contribution in [0.25, 0.3) is 11.3 Å². The quantitative estimate of drug-likeness (QED) is 0.152. The first-order chi connectivity index (χ1) is 25.1. The molecule has 0 spiro atoms. The molecule has 5 amide bonds. The lowest BCUT2D eigenvalue weighted by atomic mass is 9.72. The zero-order chi connectivity index (χ0) is 36.4. The van der Waals surface area contributed by atoms with E-state index in [9.17, 15) is 29.1 Å². The number of carbonyl (C=O) groups excluding carboxylic acids is 5. The summed E-state index contributed by atoms with van der Waals surface area (Å²) in [5.74, 6) is -2.10. The van der Waals surface area contributed by atoms with E-state index >= 15 is 0 Å². The molecule has 6 N–H and O–H groups in total. The molecule has 52 heavy (non-hydrogen) atoms. The van der Waals surface area contributed by atoms with Gasteiger partial charge in [0, 0.05) is 55.7 Å². The Morgan fingerprint density at radius 1 is 0.923 bits per heavy atom. The third-order valence-corrected chi connectivity index (χ3v) is 10.2. The van der Waals surface area contributed by atoms with Gasteiger partial charge in [0.2, 0.25) is 17.7 Å². The van der Waals surface area contributed by atoms with Crippen molar-refractivity contribution in [1.82, 2.24) is 25.7 Å². The standard InChI is InChI=1S/C38H38N8O6/c39-34-29(21-27(43-44-34)24-9-4-5-12-30(24)47)45-19-16-38(17-20-45,23-7-2-1-3-8-23)22-41-31(48)15-18-40-26-11-6-10-25-33(26)37(52)46(36(25)51)28-13-14-32(49)42-35(28)50/h1-12,21,28,40,47H,13-20,22H2,(H2,39,44)(H,41,48)(H,42,49,50). The summed E-state index contributed by atoms with van der Waals surface area (Å²) in [5, 5.41) is 27.2. The van der Waals surface area contributed by atoms with Crippen LogP contribution in [0.15, 0.2) is 78.9 Å². The molecule has 4 aromatic rings. The van der Waals surface area contributed by atoms with Gasteiger partial charge in [-0.1, -0.05) is 48.5 Å². The lowest BCUT2D eigenvalue weighted by Gasteiger charge is -2.43. The number of carbonyl (C=O) groups is 5. The fourth-order valence-electron chi connectivity index (χ4n) is 7.33. The molecule has 14 heteroatoms. The summed E-state index contributed by atoms with van der Waals surface area (Å²) in [6.45, 7) is 1.89. The van der Waals surface area contributed by atoms with E-state index in [1.165, 1.54) is 6.07 Å². The number of hydrogen-bond acceptors (Lipinski definition) is 11. The maximum absolute atomic E-state index is 13.4. The predicted molar refractivity (Wildman–Crippen MR) is 192 cm³/mol. The van der Waals surface area contributed by atoms with Crippen molar-refractivity contribution in [2.75, 3.05) is 42.1 Å². The van der Waals surface area contributed by atoms with Gasteiger partial charge in [-0.3, -0.25) is 34.2 Å². The molecule has 1 unspecified atom stereocenters. The molecule has 3 aliphatic heterocycles. The van der Waals surface area contributed by atoms with Gasteiger partial charge in [-0.05, 0) is 55.2 Å². The fourth-order valence-corrected chi connectivity index (χ4v) is 7.33. The molecule has 0 radical (unpaired) electrons. The Morgan fingerprint density at radius 2 is 1.65 bits per heavy atom. The summed E-state index contributed by atoms with van der Waals surface area (Å²) in [6, 6.07) is 22.6. The number of anilines is 3. The molecular weight excluding hydrogens is 664 g/mol. The number of rotatable bonds is 10. The van der Waals surface area contributed by atoms with Crippen molar-refractivity contribution in [2.24, 2.45) is 0 Å². The van der Waals surface area contributed by atoms with Gasteiger partial charge in [0.1, 0.15) is 11.8 Å². The normalized spacial score (nSPS) is 18.2. The van der Waals surface area contributed by atoms with Crippen LogP contribution in [0.3, 0.4) is 0 Å². The number of hydrogen-bond donors (Lipinski definition) is 5. The number of para-hydroxylation sites is 1. The summed E-state index contributed by atoms with van der Waals surface area (Å²) in [6.07, 6.45) is 1.65. The minimum absolute atomic E-state index is 0.0341. The average molecular weight is 703 g/mol. The second-order valence-corrected chi connectivity index (χ2v) is 13.3. The lowest BCUT2D eigenvalue weighted by Crippen LogP contribution is -2.54. The predicted octanol–water partition coefficient (Wildman–Crippen LogP) is 2.99. The molecule has 1 atom stereocenters. The van der Waals surface area contributed by atoms with Crippen LogP contribution in [0.2, 0.25) is 0 Å². The first kappa shape index (κ1) is 34.2. The molecule has 14 nitrogen and oxygen atoms in total. The van der Waals surface area contributed by atoms with Gasteiger partial charge in [0.05, 0.1) is 22.5 Å². The molecular formula is C38H38N8O6. The highest BCUT2D eigenvalue weighted by Gasteiger charge is 2.45. The molecule has 3 aromatic carbocycles. The van der Waals surface area contributed by atoms with Crippen molar-refractivity contribution in [3.8, 4) is 17.0 Å². The first-order valence-electron chi connectivity index (χ1n) is 17.2. The minimum Gasteiger partial charge on any atom is -0.507 e. The smallest absolute Gasteiger partial charge is 0.264 e. The second kappa shape index (κ2) is 14.1. The van der Waals surface area contributed by atoms with Crippen molar-refractivity contribution in [3.63, 3.8) is 0 Å². The van der Waals surface area contributed by atoms with Crippen molar-refractivity contribution < 1.29 is 29.1 Å². The summed E-state index contributed by atoms with van der Waals surface area (Å²) >= 11 is 0. The average Bonchev–Trinajstić information content (AvgIpc) is 3.41. The van der Waals surface area contributed by atoms with Crippen molar-refractivity contribution >= 4 is 46.7 Å². The topological polar surface area (TPSA) is 200 Å². The molecule has 0 bridgehead atoms. The number of piperidine rings is 2. The number of aromatic nitrogens is 2. The molecule has 0 saturated carbocycles. The fraction of sp³-hybridized carbons (Fsp3) is 0.289. The van der Waals surface area contributed by atoms with Gasteiger partial charge in [0.25, 0.3) is 11.8 Å². The number of nitrogens with two attached hydrogens (primary N) is 1. The molecule has 4 heterocycles. The maximum atomic E-state index is 13.4. The van der Waals surface area contributed by atoms with Crippen molar-refractivity contribution in [3.05, 3.63) is 95.6 Å². The third-order valence-electron chi connectivity index (χ3n) is 10.2. The highest BCUT2D eigenvalue weighted by molar-refractivity contribution is 6.25. The van der Waals surface area contributed by atoms with E-state index < -0.39 is 29.7 Å². The van der Waals surface area contributed by atoms with Gasteiger partial charge >= 0.3 is 0 Å². The number of aromatic hydroxyl groups is 1. The Labute approximate surface area is 299 Å². The number of nitrogen functional groups attached to an aromatic ring is 1. The highest BCUT2D eigenvalue weighted by atomic mass is 16.3. The number of phenolic OH excluding ortho intramolecular Hbond substituents is 1. The summed E-state index contributed by atoms with van der Waals surface area (Å²) < 4.78 is 0. The van der Waals surface area contributed by atoms with E-state index in [1.807, 2.05) is 30.3 Å². The van der Waals surface area contributed by atoms with Gasteiger partial charge in [-0.2, -0.15) is 0 Å². The van der Waals surface area contributed by atoms with E-state index in [1.54, 1.807) is 30.3 Å². The number of benzene rings is 3. The Kier molecular flexibility index (Phi) is 9.28. The molecule has 3 aliphatic rings. The lowest BCUT2D eigenvalue weighted by molar-refractivity contribution is -0.136. The van der Waals surface area contributed by atoms with Crippen LogP contribution in [0, 0.1) is 0 Å². The number of nitrogens with one attached hydrogen (secondary N) is 3. The number of nitrogens with zero attached hydrogens (tertiary/aromatic N) is 4. The zero-order valence-corrected chi connectivity index (χ0v) is 28.3. The molecule has 1 aromatic heterocycles. The van der Waals surface area contributed by atoms with Crippen molar-refractivity contribution in [1.29, 1.82) is 0 Å². The number of phenols is 1. The van der Waals surface area contributed by atoms with Gasteiger partial charge in [0.15, 0.2) is 5.82 Å². The van der Waals surface area contributed by atoms with Crippen molar-refractivity contribution in [2.45, 2.75) is 43.6 Å². The van der Waals surface area contributed by atoms with Crippen LogP contribution in [0.5, 0.6) is 5.75 Å². The van der Waals surface area contributed by atoms with Crippen LogP contribution in [0.1, 0.15) is 58.4 Å². The summed E-state index contributed by atoms with van der Waals surface area (Å²) in [7, 11) is 0. The van der Waals surface area contributed by atoms with Gasteiger partial charge < -0.3 is 26.4 Å². The number of fused-ring (bicyclic) bond motifs is 1. The minimum atomic E-state index is -1.06. The molecule has 266 valence electrons. The van der Waals surface area contributed by atoms with E-state index in [2.05, 4.69) is 43.2 Å². The van der Waals surface area contributed by atoms with Gasteiger partial charge in [-0.15, -0.1) is 10.2 Å². The largest absolute Gasteiger partial charge is 0.507 e. The monoisotopic (exact) mass is 702 g/mol. The van der Waals surface area contributed by atoms with Crippen LogP contribution >= 0.6 is 0 Å². The highest BCUT2D eigenvalue weighted by Crippen LogP contribution is 2.39. The molecule has 7 rings (SSSR count). The SMILES string of the molecule is Nc1nnc(-c2ccccc2O)cc1N1CCC(CNC(=O)CCNc2cccc3c2C(=O)N(C2CCC(=O)NC2=O)C3=O)(c2ccccc2)CC1. The Balaban J connectivity index is 0.991. The van der Waals surface area contributed by atoms with Crippen LogP contribution < -0.4 is 26.6 Å². The molecule has 2 fully saturated rings. The zero-order valence-electron chi connectivity index (χ0n) is 28.3. The first-order valence-corrected chi connectivity index (χ1v) is 17.2. The number of imide groups is 2. The summed E-state index contributed by atoms with van der Waals surface area (Å²) in [4.78, 5) is 67.0. The van der Waals surface area contributed by atoms with Crippen LogP contribution in [-0.2, 0) is 19.8 Å². The molecule has 0 aliphatic carbocycles. The summed E-state index contributed by atoms with van der Waals surface area (Å²) in [5.41, 5.74) is 9.58. The second-order valence-electron chi connectivity index (χ2n) is 13.3. The Hall–Kier alpha value is -6.31. The van der Waals surface area contributed by atoms with E-state index in [0.29, 0.717) is 42.4 Å². The van der Waals surface area contributed by atoms with Gasteiger partial charge in [-0.25, -0.2) is 0 Å².